The molecule has 8 heteroatoms. The van der Waals surface area contributed by atoms with Crippen LogP contribution in [-0.4, -0.2) is 38.3 Å². The van der Waals surface area contributed by atoms with Gasteiger partial charge in [0.25, 0.3) is 5.91 Å². The van der Waals surface area contributed by atoms with Crippen LogP contribution in [-0.2, 0) is 20.2 Å². The monoisotopic (exact) mass is 522 g/mol. The molecule has 0 unspecified atom stereocenters. The van der Waals surface area contributed by atoms with Gasteiger partial charge in [-0.05, 0) is 60.7 Å². The maximum Gasteiger partial charge on any atom is 0.262 e. The van der Waals surface area contributed by atoms with Gasteiger partial charge in [0.15, 0.2) is 6.61 Å². The fourth-order valence-corrected chi connectivity index (χ4v) is 5.57. The highest BCUT2D eigenvalue weighted by Crippen LogP contribution is 2.33. The van der Waals surface area contributed by atoms with Crippen LogP contribution in [0.3, 0.4) is 0 Å². The first kappa shape index (κ1) is 24.7. The van der Waals surface area contributed by atoms with Gasteiger partial charge in [-0.3, -0.25) is 4.79 Å². The summed E-state index contributed by atoms with van der Waals surface area (Å²) in [6, 6.07) is 12.0. The minimum Gasteiger partial charge on any atom is -0.483 e. The summed E-state index contributed by atoms with van der Waals surface area (Å²) in [5.41, 5.74) is 1.40. The molecule has 0 aliphatic carbocycles. The summed E-state index contributed by atoms with van der Waals surface area (Å²) in [5, 5.41) is 2.77. The van der Waals surface area contributed by atoms with E-state index in [1.54, 1.807) is 28.6 Å². The van der Waals surface area contributed by atoms with Gasteiger partial charge >= 0.3 is 0 Å². The van der Waals surface area contributed by atoms with Crippen LogP contribution < -0.4 is 10.1 Å². The zero-order valence-corrected chi connectivity index (χ0v) is 21.3. The highest BCUT2D eigenvalue weighted by molar-refractivity contribution is 9.10. The van der Waals surface area contributed by atoms with Crippen LogP contribution >= 0.6 is 15.9 Å². The van der Waals surface area contributed by atoms with E-state index < -0.39 is 10.0 Å². The topological polar surface area (TPSA) is 75.7 Å². The maximum absolute atomic E-state index is 12.9. The number of nitrogens with zero attached hydrogens (tertiary/aromatic N) is 1. The first-order valence-corrected chi connectivity index (χ1v) is 13.1. The fraction of sp³-hybridized carbons (Fsp3) is 0.458. The predicted octanol–water partition coefficient (Wildman–Crippen LogP) is 5.33. The lowest BCUT2D eigenvalue weighted by Crippen LogP contribution is -2.31. The third-order valence-electron chi connectivity index (χ3n) is 5.45. The van der Waals surface area contributed by atoms with Crippen LogP contribution in [0.5, 0.6) is 5.75 Å². The second-order valence-corrected chi connectivity index (χ2v) is 11.9. The molecule has 32 heavy (non-hydrogen) atoms. The van der Waals surface area contributed by atoms with Crippen molar-refractivity contribution in [1.82, 2.24) is 4.31 Å². The molecule has 1 fully saturated rings. The lowest BCUT2D eigenvalue weighted by Gasteiger charge is -2.23. The smallest absolute Gasteiger partial charge is 0.262 e. The largest absolute Gasteiger partial charge is 0.483 e. The predicted molar refractivity (Wildman–Crippen MR) is 131 cm³/mol. The van der Waals surface area contributed by atoms with Crippen LogP contribution in [0.4, 0.5) is 5.69 Å². The normalized spacial score (nSPS) is 15.8. The van der Waals surface area contributed by atoms with Gasteiger partial charge in [0.1, 0.15) is 5.75 Å². The van der Waals surface area contributed by atoms with Crippen molar-refractivity contribution in [3.8, 4) is 5.75 Å². The van der Waals surface area contributed by atoms with E-state index in [-0.39, 0.29) is 22.8 Å². The molecule has 1 N–H and O–H groups in total. The van der Waals surface area contributed by atoms with Crippen molar-refractivity contribution >= 4 is 37.5 Å². The second-order valence-electron chi connectivity index (χ2n) is 9.07. The Bertz CT molecular complexity index is 1040. The van der Waals surface area contributed by atoms with E-state index in [0.29, 0.717) is 24.5 Å². The molecule has 6 nitrogen and oxygen atoms in total. The van der Waals surface area contributed by atoms with Crippen molar-refractivity contribution < 1.29 is 17.9 Å². The molecule has 0 aromatic heterocycles. The summed E-state index contributed by atoms with van der Waals surface area (Å²) in [7, 11) is -3.51. The number of rotatable bonds is 6. The number of sulfonamides is 1. The molecule has 1 aliphatic rings. The number of carbonyl (C=O) groups excluding carboxylic acids is 1. The average Bonchev–Trinajstić information content (AvgIpc) is 3.03. The van der Waals surface area contributed by atoms with Crippen LogP contribution in [0.1, 0.15) is 52.0 Å². The Hall–Kier alpha value is -1.90. The highest BCUT2D eigenvalue weighted by atomic mass is 79.9. The zero-order valence-electron chi connectivity index (χ0n) is 18.9. The third kappa shape index (κ3) is 6.33. The van der Waals surface area contributed by atoms with Gasteiger partial charge in [0.2, 0.25) is 10.0 Å². The Labute approximate surface area is 199 Å². The molecule has 0 bridgehead atoms. The van der Waals surface area contributed by atoms with Crippen molar-refractivity contribution in [1.29, 1.82) is 0 Å². The van der Waals surface area contributed by atoms with E-state index in [2.05, 4.69) is 42.0 Å². The molecular weight excluding hydrogens is 492 g/mol. The minimum atomic E-state index is -3.51. The van der Waals surface area contributed by atoms with Gasteiger partial charge in [0.05, 0.1) is 4.90 Å². The van der Waals surface area contributed by atoms with E-state index in [1.165, 1.54) is 0 Å². The summed E-state index contributed by atoms with van der Waals surface area (Å²) < 4.78 is 34.1. The number of hydrogen-bond donors (Lipinski definition) is 1. The molecule has 3 rings (SSSR count). The number of anilines is 1. The summed E-state index contributed by atoms with van der Waals surface area (Å²) in [6.45, 7) is 7.24. The van der Waals surface area contributed by atoms with Crippen LogP contribution in [0.15, 0.2) is 51.8 Å². The number of halogens is 1. The van der Waals surface area contributed by atoms with Crippen LogP contribution in [0.25, 0.3) is 0 Å². The number of nitrogens with one attached hydrogen (secondary N) is 1. The van der Waals surface area contributed by atoms with Crippen LogP contribution in [0, 0.1) is 0 Å². The number of hydrogen-bond acceptors (Lipinski definition) is 4. The Kier molecular flexibility index (Phi) is 8.01. The van der Waals surface area contributed by atoms with Crippen molar-refractivity contribution in [2.75, 3.05) is 25.0 Å². The van der Waals surface area contributed by atoms with Crippen molar-refractivity contribution in [2.45, 2.75) is 56.8 Å². The molecular formula is C24H31BrN2O4S. The van der Waals surface area contributed by atoms with Crippen molar-refractivity contribution in [2.24, 2.45) is 0 Å². The summed E-state index contributed by atoms with van der Waals surface area (Å²) >= 11 is 3.48. The summed E-state index contributed by atoms with van der Waals surface area (Å²) in [6.07, 6.45) is 3.92. The molecule has 2 aromatic carbocycles. The SMILES string of the molecule is CC(C)(C)c1cc(Br)ccc1OCC(=O)Nc1ccc(S(=O)(=O)N2CCCCCC2)cc1. The Morgan fingerprint density at radius 1 is 1.03 bits per heavy atom. The maximum atomic E-state index is 12.9. The van der Waals surface area contributed by atoms with Gasteiger partial charge in [-0.2, -0.15) is 4.31 Å². The Morgan fingerprint density at radius 3 is 2.25 bits per heavy atom. The number of benzene rings is 2. The zero-order chi connectivity index (χ0) is 23.4. The van der Waals surface area contributed by atoms with E-state index in [1.807, 2.05) is 18.2 Å². The summed E-state index contributed by atoms with van der Waals surface area (Å²) in [5.74, 6) is 0.352. The highest BCUT2D eigenvalue weighted by Gasteiger charge is 2.25. The van der Waals surface area contributed by atoms with Gasteiger partial charge in [-0.15, -0.1) is 0 Å². The number of carbonyl (C=O) groups is 1. The molecule has 0 spiro atoms. The first-order chi connectivity index (χ1) is 15.1. The summed E-state index contributed by atoms with van der Waals surface area (Å²) in [4.78, 5) is 12.7. The molecule has 1 heterocycles. The Balaban J connectivity index is 1.62. The standard InChI is InChI=1S/C24H31BrN2O4S/c1-24(2,3)21-16-18(25)8-13-22(21)31-17-23(28)26-19-9-11-20(12-10-19)32(29,30)27-14-6-4-5-7-15-27/h8-13,16H,4-7,14-15,17H2,1-3H3,(H,26,28). The average molecular weight is 523 g/mol. The molecule has 0 radical (unpaired) electrons. The number of ether oxygens (including phenoxy) is 1. The molecule has 1 saturated heterocycles. The van der Waals surface area contributed by atoms with E-state index in [9.17, 15) is 13.2 Å². The van der Waals surface area contributed by atoms with E-state index >= 15 is 0 Å². The van der Waals surface area contributed by atoms with Gasteiger partial charge in [-0.1, -0.05) is 49.5 Å². The van der Waals surface area contributed by atoms with Gasteiger partial charge in [-0.25, -0.2) is 8.42 Å². The fourth-order valence-electron chi connectivity index (χ4n) is 3.70. The lowest BCUT2D eigenvalue weighted by atomic mass is 9.86. The molecule has 1 aliphatic heterocycles. The quantitative estimate of drug-likeness (QED) is 0.556. The molecule has 0 atom stereocenters. The molecule has 174 valence electrons. The van der Waals surface area contributed by atoms with E-state index in [0.717, 1.165) is 35.7 Å². The Morgan fingerprint density at radius 2 is 1.66 bits per heavy atom. The third-order valence-corrected chi connectivity index (χ3v) is 7.86. The molecule has 1 amide bonds. The number of amides is 1. The molecule has 0 saturated carbocycles. The van der Waals surface area contributed by atoms with Crippen LogP contribution in [0.2, 0.25) is 0 Å². The second kappa shape index (κ2) is 10.4. The van der Waals surface area contributed by atoms with Crippen molar-refractivity contribution in [3.63, 3.8) is 0 Å². The van der Waals surface area contributed by atoms with Gasteiger partial charge in [0, 0.05) is 28.8 Å². The lowest BCUT2D eigenvalue weighted by molar-refractivity contribution is -0.118. The van der Waals surface area contributed by atoms with Crippen molar-refractivity contribution in [3.05, 3.63) is 52.5 Å². The minimum absolute atomic E-state index is 0.135. The first-order valence-electron chi connectivity index (χ1n) is 10.9. The molecule has 2 aromatic rings. The van der Waals surface area contributed by atoms with E-state index in [4.69, 9.17) is 4.74 Å². The van der Waals surface area contributed by atoms with Gasteiger partial charge < -0.3 is 10.1 Å².